The minimum absolute atomic E-state index is 0.260. The van der Waals surface area contributed by atoms with Crippen LogP contribution < -0.4 is 0 Å². The molecule has 3 heteroatoms. The quantitative estimate of drug-likeness (QED) is 0.543. The smallest absolute Gasteiger partial charge is 0.118 e. The van der Waals surface area contributed by atoms with E-state index in [2.05, 4.69) is 16.9 Å². The number of aliphatic hydroxyl groups excluding tert-OH is 1. The molecule has 0 aromatic rings. The molecular weight excluding hydrogens is 188 g/mol. The molecule has 1 aliphatic carbocycles. The van der Waals surface area contributed by atoms with Gasteiger partial charge in [0.25, 0.3) is 0 Å². The zero-order valence-electron chi connectivity index (χ0n) is 8.94. The van der Waals surface area contributed by atoms with Crippen LogP contribution in [0.1, 0.15) is 13.8 Å². The average molecular weight is 202 g/mol. The van der Waals surface area contributed by atoms with E-state index in [9.17, 15) is 5.11 Å². The van der Waals surface area contributed by atoms with E-state index in [1.54, 1.807) is 18.4 Å². The first-order chi connectivity index (χ1) is 7.15. The standard InChI is InChI=1S/C12H14N2O/c1-9-5-4-6-12(15)10(2)7-11(9)8-14-13-3/h4-8,15H,3H2,1-2H3/b5-4-,6-4?,9-5?,10-7+,11-7?,11-9+,12-6-,12-10?,14-8-. The summed E-state index contributed by atoms with van der Waals surface area (Å²) in [6, 6.07) is 0. The van der Waals surface area contributed by atoms with Crippen LogP contribution in [0.5, 0.6) is 0 Å². The van der Waals surface area contributed by atoms with Crippen molar-refractivity contribution in [3.8, 4) is 0 Å². The average Bonchev–Trinajstić information content (AvgIpc) is 2.21. The number of hydrogen-bond donors (Lipinski definition) is 1. The molecule has 1 N–H and O–H groups in total. The Hall–Kier alpha value is -1.90. The lowest BCUT2D eigenvalue weighted by Gasteiger charge is -2.05. The molecule has 1 aliphatic rings. The molecule has 0 amide bonds. The Morgan fingerprint density at radius 2 is 2.13 bits per heavy atom. The maximum absolute atomic E-state index is 9.55. The second kappa shape index (κ2) is 5.10. The molecular formula is C12H14N2O. The van der Waals surface area contributed by atoms with Crippen molar-refractivity contribution in [2.75, 3.05) is 0 Å². The molecule has 0 heterocycles. The van der Waals surface area contributed by atoms with Crippen molar-refractivity contribution in [3.05, 3.63) is 46.8 Å². The van der Waals surface area contributed by atoms with E-state index < -0.39 is 0 Å². The summed E-state index contributed by atoms with van der Waals surface area (Å²) >= 11 is 0. The van der Waals surface area contributed by atoms with Gasteiger partial charge in [-0.1, -0.05) is 12.2 Å². The fraction of sp³-hybridized carbons (Fsp3) is 0.167. The van der Waals surface area contributed by atoms with E-state index in [1.165, 1.54) is 0 Å². The van der Waals surface area contributed by atoms with Crippen LogP contribution in [-0.4, -0.2) is 18.0 Å². The first-order valence-electron chi connectivity index (χ1n) is 4.61. The molecule has 0 aliphatic heterocycles. The van der Waals surface area contributed by atoms with Gasteiger partial charge in [-0.25, -0.2) is 0 Å². The molecule has 3 nitrogen and oxygen atoms in total. The number of hydrogen-bond acceptors (Lipinski definition) is 3. The van der Waals surface area contributed by atoms with E-state index in [0.29, 0.717) is 0 Å². The predicted octanol–water partition coefficient (Wildman–Crippen LogP) is 2.95. The maximum atomic E-state index is 9.55. The van der Waals surface area contributed by atoms with E-state index >= 15 is 0 Å². The lowest BCUT2D eigenvalue weighted by molar-refractivity contribution is 0.423. The summed E-state index contributed by atoms with van der Waals surface area (Å²) in [6.07, 6.45) is 8.85. The zero-order chi connectivity index (χ0) is 11.3. The fourth-order valence-electron chi connectivity index (χ4n) is 1.17. The Bertz CT molecular complexity index is 409. The van der Waals surface area contributed by atoms with Gasteiger partial charge in [-0.2, -0.15) is 10.2 Å². The van der Waals surface area contributed by atoms with Crippen LogP contribution in [0.4, 0.5) is 0 Å². The van der Waals surface area contributed by atoms with Gasteiger partial charge in [0.1, 0.15) is 5.76 Å². The molecule has 15 heavy (non-hydrogen) atoms. The van der Waals surface area contributed by atoms with Gasteiger partial charge in [-0.3, -0.25) is 0 Å². The first kappa shape index (κ1) is 11.2. The van der Waals surface area contributed by atoms with Crippen molar-refractivity contribution in [1.82, 2.24) is 0 Å². The van der Waals surface area contributed by atoms with Gasteiger partial charge in [-0.15, -0.1) is 0 Å². The van der Waals surface area contributed by atoms with E-state index in [1.807, 2.05) is 26.0 Å². The van der Waals surface area contributed by atoms with Crippen LogP contribution in [0, 0.1) is 0 Å². The highest BCUT2D eigenvalue weighted by molar-refractivity contribution is 5.84. The Kier molecular flexibility index (Phi) is 3.80. The number of nitrogens with zero attached hydrogens (tertiary/aromatic N) is 2. The second-order valence-electron chi connectivity index (χ2n) is 3.26. The summed E-state index contributed by atoms with van der Waals surface area (Å²) in [6.45, 7) is 7.09. The van der Waals surface area contributed by atoms with E-state index in [0.717, 1.165) is 16.7 Å². The normalized spacial score (nSPS) is 31.1. The maximum Gasteiger partial charge on any atom is 0.118 e. The summed E-state index contributed by atoms with van der Waals surface area (Å²) in [7, 11) is 0. The Balaban J connectivity index is 3.15. The monoisotopic (exact) mass is 202 g/mol. The molecule has 0 saturated heterocycles. The SMILES string of the molecule is C=N\N=C/C1=C(C)/C=C\C=C(O)\C(C)=C\1. The van der Waals surface area contributed by atoms with Crippen molar-refractivity contribution in [2.24, 2.45) is 10.2 Å². The van der Waals surface area contributed by atoms with Gasteiger partial charge < -0.3 is 5.11 Å². The highest BCUT2D eigenvalue weighted by Gasteiger charge is 2.01. The van der Waals surface area contributed by atoms with Gasteiger partial charge in [0, 0.05) is 6.72 Å². The van der Waals surface area contributed by atoms with Gasteiger partial charge in [-0.05, 0) is 42.7 Å². The molecule has 0 spiro atoms. The predicted molar refractivity (Wildman–Crippen MR) is 64.3 cm³/mol. The highest BCUT2D eigenvalue weighted by Crippen LogP contribution is 2.15. The summed E-state index contributed by atoms with van der Waals surface area (Å²) in [4.78, 5) is 0. The number of rotatable bonds is 2. The molecule has 0 saturated carbocycles. The van der Waals surface area contributed by atoms with Gasteiger partial charge in [0.2, 0.25) is 0 Å². The number of aliphatic hydroxyl groups is 1. The summed E-state index contributed by atoms with van der Waals surface area (Å²) in [5, 5.41) is 16.7. The minimum atomic E-state index is 0.260. The molecule has 0 aromatic heterocycles. The topological polar surface area (TPSA) is 45.0 Å². The Morgan fingerprint density at radius 1 is 1.40 bits per heavy atom. The van der Waals surface area contributed by atoms with Gasteiger partial charge in [0.15, 0.2) is 0 Å². The molecule has 0 fully saturated rings. The van der Waals surface area contributed by atoms with Crippen LogP contribution in [0.3, 0.4) is 0 Å². The summed E-state index contributed by atoms with van der Waals surface area (Å²) in [5.41, 5.74) is 2.77. The van der Waals surface area contributed by atoms with Crippen molar-refractivity contribution >= 4 is 12.9 Å². The van der Waals surface area contributed by atoms with E-state index in [4.69, 9.17) is 0 Å². The lowest BCUT2D eigenvalue weighted by atomic mass is 10.0. The van der Waals surface area contributed by atoms with Crippen LogP contribution in [0.15, 0.2) is 57.0 Å². The van der Waals surface area contributed by atoms with Crippen LogP contribution in [0.25, 0.3) is 0 Å². The largest absolute Gasteiger partial charge is 0.508 e. The third-order valence-electron chi connectivity index (χ3n) is 2.11. The molecule has 0 atom stereocenters. The summed E-state index contributed by atoms with van der Waals surface area (Å²) in [5.74, 6) is 0.260. The van der Waals surface area contributed by atoms with Gasteiger partial charge in [0.05, 0.1) is 6.21 Å². The number of allylic oxidation sites excluding steroid dienone is 7. The zero-order valence-corrected chi connectivity index (χ0v) is 8.94. The van der Waals surface area contributed by atoms with Crippen molar-refractivity contribution in [1.29, 1.82) is 0 Å². The Labute approximate surface area is 89.5 Å². The second-order valence-corrected chi connectivity index (χ2v) is 3.26. The summed E-state index contributed by atoms with van der Waals surface area (Å²) < 4.78 is 0. The highest BCUT2D eigenvalue weighted by atomic mass is 16.3. The molecule has 78 valence electrons. The molecule has 1 rings (SSSR count). The van der Waals surface area contributed by atoms with E-state index in [-0.39, 0.29) is 5.76 Å². The third-order valence-corrected chi connectivity index (χ3v) is 2.11. The molecule has 0 unspecified atom stereocenters. The molecule has 0 radical (unpaired) electrons. The Morgan fingerprint density at radius 3 is 2.80 bits per heavy atom. The van der Waals surface area contributed by atoms with Crippen LogP contribution >= 0.6 is 0 Å². The van der Waals surface area contributed by atoms with Crippen molar-refractivity contribution in [2.45, 2.75) is 13.8 Å². The molecule has 0 aromatic carbocycles. The van der Waals surface area contributed by atoms with Crippen molar-refractivity contribution in [3.63, 3.8) is 0 Å². The minimum Gasteiger partial charge on any atom is -0.508 e. The van der Waals surface area contributed by atoms with Crippen LogP contribution in [-0.2, 0) is 0 Å². The van der Waals surface area contributed by atoms with Crippen LogP contribution in [0.2, 0.25) is 0 Å². The van der Waals surface area contributed by atoms with Gasteiger partial charge >= 0.3 is 0 Å². The van der Waals surface area contributed by atoms with Crippen molar-refractivity contribution < 1.29 is 5.11 Å². The molecule has 0 bridgehead atoms. The lowest BCUT2D eigenvalue weighted by Crippen LogP contribution is -1.92. The third kappa shape index (κ3) is 3.06. The first-order valence-corrected chi connectivity index (χ1v) is 4.61. The fourth-order valence-corrected chi connectivity index (χ4v) is 1.17.